The number of hydrogen-bond donors (Lipinski definition) is 1. The molecule has 1 aromatic heterocycles. The summed E-state index contributed by atoms with van der Waals surface area (Å²) in [6.07, 6.45) is 0.644. The number of ketones is 1. The van der Waals surface area contributed by atoms with Gasteiger partial charge in [0.1, 0.15) is 35.2 Å². The molecule has 1 fully saturated rings. The number of benzene rings is 3. The number of anilines is 1. The fourth-order valence-electron chi connectivity index (χ4n) is 5.00. The lowest BCUT2D eigenvalue weighted by molar-refractivity contribution is -0.132. The van der Waals surface area contributed by atoms with Crippen LogP contribution in [0.5, 0.6) is 11.5 Å². The summed E-state index contributed by atoms with van der Waals surface area (Å²) >= 11 is 1.19. The van der Waals surface area contributed by atoms with Gasteiger partial charge in [-0.3, -0.25) is 14.5 Å². The highest BCUT2D eigenvalue weighted by molar-refractivity contribution is 7.22. The molecule has 1 amide bonds. The number of hydrogen-bond acceptors (Lipinski definition) is 7. The Kier molecular flexibility index (Phi) is 5.87. The lowest BCUT2D eigenvalue weighted by atomic mass is 9.94. The van der Waals surface area contributed by atoms with Crippen LogP contribution < -0.4 is 14.4 Å². The molecule has 1 N–H and O–H groups in total. The molecule has 0 bridgehead atoms. The molecule has 9 heteroatoms. The molecule has 0 aliphatic carbocycles. The zero-order chi connectivity index (χ0) is 26.6. The molecule has 3 aromatic carbocycles. The summed E-state index contributed by atoms with van der Waals surface area (Å²) < 4.78 is 27.2. The van der Waals surface area contributed by atoms with E-state index in [2.05, 4.69) is 4.98 Å². The fraction of sp³-hybridized carbons (Fsp3) is 0.207. The van der Waals surface area contributed by atoms with E-state index in [4.69, 9.17) is 9.47 Å². The summed E-state index contributed by atoms with van der Waals surface area (Å²) in [7, 11) is 0. The number of thiazole rings is 1. The Balaban J connectivity index is 1.52. The first-order chi connectivity index (χ1) is 18.4. The summed E-state index contributed by atoms with van der Waals surface area (Å²) in [4.78, 5) is 32.7. The molecule has 0 saturated carbocycles. The van der Waals surface area contributed by atoms with Gasteiger partial charge in [-0.25, -0.2) is 9.37 Å². The Labute approximate surface area is 221 Å². The largest absolute Gasteiger partial charge is 0.507 e. The second-order valence-corrected chi connectivity index (χ2v) is 10.2. The average molecular weight is 531 g/mol. The van der Waals surface area contributed by atoms with Crippen molar-refractivity contribution in [3.63, 3.8) is 0 Å². The second kappa shape index (κ2) is 9.25. The topological polar surface area (TPSA) is 89.0 Å². The quantitative estimate of drug-likeness (QED) is 0.200. The van der Waals surface area contributed by atoms with Crippen LogP contribution in [0.3, 0.4) is 0 Å². The highest BCUT2D eigenvalue weighted by atomic mass is 32.1. The number of aromatic nitrogens is 1. The van der Waals surface area contributed by atoms with Crippen LogP contribution in [0.15, 0.2) is 66.2 Å². The fourth-order valence-corrected chi connectivity index (χ4v) is 6.02. The van der Waals surface area contributed by atoms with E-state index in [1.165, 1.54) is 34.4 Å². The monoisotopic (exact) mass is 530 g/mol. The molecule has 7 nitrogen and oxygen atoms in total. The van der Waals surface area contributed by atoms with Crippen LogP contribution in [0.4, 0.5) is 9.52 Å². The van der Waals surface area contributed by atoms with Gasteiger partial charge in [-0.05, 0) is 61.9 Å². The van der Waals surface area contributed by atoms with Gasteiger partial charge in [-0.2, -0.15) is 0 Å². The number of aliphatic hydroxyl groups excluding tert-OH is 1. The highest BCUT2D eigenvalue weighted by Gasteiger charge is 2.49. The van der Waals surface area contributed by atoms with Crippen molar-refractivity contribution in [1.82, 2.24) is 4.98 Å². The minimum absolute atomic E-state index is 0.00586. The third-order valence-corrected chi connectivity index (χ3v) is 7.70. The molecule has 3 heterocycles. The first-order valence-corrected chi connectivity index (χ1v) is 13.1. The van der Waals surface area contributed by atoms with Gasteiger partial charge in [-0.1, -0.05) is 29.5 Å². The van der Waals surface area contributed by atoms with Crippen LogP contribution in [0.1, 0.15) is 36.6 Å². The molecule has 6 rings (SSSR count). The SMILES string of the molecule is CCOc1ccc2nc(N3C(=O)C(=O)C(=C(O)c4ccc5c(c4)C[C@@H](C)O5)[C@@H]3c3ccccc3F)sc2c1. The van der Waals surface area contributed by atoms with Crippen molar-refractivity contribution in [3.05, 3.63) is 88.7 Å². The predicted octanol–water partition coefficient (Wildman–Crippen LogP) is 5.78. The van der Waals surface area contributed by atoms with E-state index in [9.17, 15) is 14.7 Å². The molecular formula is C29H23FN2O5S. The molecular weight excluding hydrogens is 507 g/mol. The van der Waals surface area contributed by atoms with Gasteiger partial charge in [0.25, 0.3) is 5.78 Å². The zero-order valence-corrected chi connectivity index (χ0v) is 21.4. The number of Topliss-reactive ketones (excluding diaryl/α,β-unsaturated/α-hetero) is 1. The van der Waals surface area contributed by atoms with E-state index >= 15 is 4.39 Å². The Morgan fingerprint density at radius 1 is 1.18 bits per heavy atom. The number of halogens is 1. The molecule has 2 aliphatic rings. The predicted molar refractivity (Wildman–Crippen MR) is 142 cm³/mol. The van der Waals surface area contributed by atoms with Crippen molar-refractivity contribution in [2.24, 2.45) is 0 Å². The molecule has 4 aromatic rings. The molecule has 0 radical (unpaired) electrons. The van der Waals surface area contributed by atoms with Crippen molar-refractivity contribution in [1.29, 1.82) is 0 Å². The molecule has 0 spiro atoms. The summed E-state index contributed by atoms with van der Waals surface area (Å²) in [5.41, 5.74) is 1.73. The standard InChI is InChI=1S/C29H23FN2O5S/c1-3-36-18-9-10-21-23(14-18)38-29(31-21)32-25(19-6-4-5-7-20(19)30)24(27(34)28(32)35)26(33)16-8-11-22-17(13-16)12-15(2)37-22/h4-11,13-15,25,33H,3,12H2,1-2H3/t15-,25+/m1/s1. The van der Waals surface area contributed by atoms with Crippen LogP contribution in [0.25, 0.3) is 16.0 Å². The first-order valence-electron chi connectivity index (χ1n) is 12.2. The van der Waals surface area contributed by atoms with Crippen molar-refractivity contribution < 1.29 is 28.6 Å². The Morgan fingerprint density at radius 2 is 2.00 bits per heavy atom. The molecule has 0 unspecified atom stereocenters. The summed E-state index contributed by atoms with van der Waals surface area (Å²) in [6, 6.07) is 15.2. The van der Waals surface area contributed by atoms with E-state index in [0.717, 1.165) is 10.3 Å². The second-order valence-electron chi connectivity index (χ2n) is 9.20. The number of carbonyl (C=O) groups excluding carboxylic acids is 2. The van der Waals surface area contributed by atoms with Crippen LogP contribution in [0.2, 0.25) is 0 Å². The van der Waals surface area contributed by atoms with Gasteiger partial charge in [-0.15, -0.1) is 0 Å². The number of amides is 1. The van der Waals surface area contributed by atoms with Crippen molar-refractivity contribution in [2.45, 2.75) is 32.4 Å². The first kappa shape index (κ1) is 24.1. The number of nitrogens with zero attached hydrogens (tertiary/aromatic N) is 2. The van der Waals surface area contributed by atoms with Gasteiger partial charge in [0.05, 0.1) is 22.4 Å². The number of aliphatic hydroxyl groups is 1. The average Bonchev–Trinajstić information content (AvgIpc) is 3.56. The molecule has 1 saturated heterocycles. The maximum absolute atomic E-state index is 15.2. The maximum Gasteiger partial charge on any atom is 0.301 e. The summed E-state index contributed by atoms with van der Waals surface area (Å²) in [6.45, 7) is 4.32. The highest BCUT2D eigenvalue weighted by Crippen LogP contribution is 2.45. The molecule has 2 atom stereocenters. The van der Waals surface area contributed by atoms with Gasteiger partial charge in [0.15, 0.2) is 5.13 Å². The maximum atomic E-state index is 15.2. The lowest BCUT2D eigenvalue weighted by Crippen LogP contribution is -2.29. The smallest absolute Gasteiger partial charge is 0.301 e. The number of carbonyl (C=O) groups is 2. The summed E-state index contributed by atoms with van der Waals surface area (Å²) in [5.74, 6) is -1.41. The van der Waals surface area contributed by atoms with Gasteiger partial charge in [0.2, 0.25) is 0 Å². The van der Waals surface area contributed by atoms with Crippen LogP contribution >= 0.6 is 11.3 Å². The Morgan fingerprint density at radius 3 is 2.79 bits per heavy atom. The Bertz CT molecular complexity index is 1650. The zero-order valence-electron chi connectivity index (χ0n) is 20.6. The van der Waals surface area contributed by atoms with E-state index in [1.807, 2.05) is 19.9 Å². The van der Waals surface area contributed by atoms with Gasteiger partial charge >= 0.3 is 5.91 Å². The van der Waals surface area contributed by atoms with E-state index < -0.39 is 23.5 Å². The van der Waals surface area contributed by atoms with E-state index in [0.29, 0.717) is 35.6 Å². The molecule has 192 valence electrons. The third-order valence-electron chi connectivity index (χ3n) is 6.68. The number of fused-ring (bicyclic) bond motifs is 2. The number of ether oxygens (including phenoxy) is 2. The van der Waals surface area contributed by atoms with E-state index in [-0.39, 0.29) is 28.1 Å². The minimum Gasteiger partial charge on any atom is -0.507 e. The van der Waals surface area contributed by atoms with Crippen molar-refractivity contribution >= 4 is 44.1 Å². The van der Waals surface area contributed by atoms with Crippen LogP contribution in [0, 0.1) is 5.82 Å². The van der Waals surface area contributed by atoms with Gasteiger partial charge in [0, 0.05) is 17.5 Å². The molecule has 38 heavy (non-hydrogen) atoms. The lowest BCUT2D eigenvalue weighted by Gasteiger charge is -2.23. The summed E-state index contributed by atoms with van der Waals surface area (Å²) in [5, 5.41) is 11.6. The third kappa shape index (κ3) is 3.90. The molecule has 2 aliphatic heterocycles. The van der Waals surface area contributed by atoms with Gasteiger partial charge < -0.3 is 14.6 Å². The van der Waals surface area contributed by atoms with Crippen molar-refractivity contribution in [2.75, 3.05) is 11.5 Å². The minimum atomic E-state index is -1.20. The number of rotatable bonds is 5. The van der Waals surface area contributed by atoms with Crippen LogP contribution in [-0.2, 0) is 16.0 Å². The van der Waals surface area contributed by atoms with E-state index in [1.54, 1.807) is 36.4 Å². The normalized spacial score (nSPS) is 20.1. The Hall–Kier alpha value is -4.24. The van der Waals surface area contributed by atoms with Crippen molar-refractivity contribution in [3.8, 4) is 11.5 Å². The van der Waals surface area contributed by atoms with Crippen LogP contribution in [-0.4, -0.2) is 34.5 Å².